The molecule has 0 unspecified atom stereocenters. The minimum atomic E-state index is 0.157. The largest absolute Gasteiger partial charge is 0.493 e. The van der Waals surface area contributed by atoms with Gasteiger partial charge in [-0.1, -0.05) is 15.9 Å². The summed E-state index contributed by atoms with van der Waals surface area (Å²) in [5.74, 6) is 1.19. The maximum absolute atomic E-state index is 11.1. The topological polar surface area (TPSA) is 50.4 Å². The van der Waals surface area contributed by atoms with E-state index in [-0.39, 0.29) is 5.91 Å². The molecule has 0 aliphatic carbocycles. The van der Waals surface area contributed by atoms with Gasteiger partial charge < -0.3 is 15.4 Å². The highest BCUT2D eigenvalue weighted by Gasteiger charge is 2.20. The second kappa shape index (κ2) is 5.51. The number of rotatable bonds is 3. The number of halogens is 1. The number of hydrogen-bond acceptors (Lipinski definition) is 3. The van der Waals surface area contributed by atoms with E-state index >= 15 is 0 Å². The van der Waals surface area contributed by atoms with Crippen molar-refractivity contribution in [2.45, 2.75) is 31.8 Å². The lowest BCUT2D eigenvalue weighted by Crippen LogP contribution is -2.45. The van der Waals surface area contributed by atoms with Gasteiger partial charge in [-0.25, -0.2) is 0 Å². The van der Waals surface area contributed by atoms with Gasteiger partial charge in [-0.3, -0.25) is 4.79 Å². The maximum Gasteiger partial charge on any atom is 0.220 e. The van der Waals surface area contributed by atoms with E-state index in [1.165, 1.54) is 11.1 Å². The van der Waals surface area contributed by atoms with Crippen molar-refractivity contribution >= 4 is 21.8 Å². The van der Waals surface area contributed by atoms with E-state index in [0.717, 1.165) is 42.8 Å². The summed E-state index contributed by atoms with van der Waals surface area (Å²) in [5, 5.41) is 6.39. The molecule has 2 heterocycles. The molecular weight excluding hydrogens is 308 g/mol. The van der Waals surface area contributed by atoms with Crippen molar-refractivity contribution in [1.82, 2.24) is 10.6 Å². The Hall–Kier alpha value is -1.07. The molecular formula is C14H17BrN2O2. The molecule has 102 valence electrons. The Morgan fingerprint density at radius 1 is 1.42 bits per heavy atom. The second-order valence-corrected chi connectivity index (χ2v) is 5.99. The van der Waals surface area contributed by atoms with Gasteiger partial charge in [0.2, 0.25) is 5.91 Å². The zero-order valence-electron chi connectivity index (χ0n) is 10.7. The van der Waals surface area contributed by atoms with Crippen LogP contribution in [0.2, 0.25) is 0 Å². The average molecular weight is 325 g/mol. The molecule has 19 heavy (non-hydrogen) atoms. The smallest absolute Gasteiger partial charge is 0.220 e. The van der Waals surface area contributed by atoms with Crippen LogP contribution in [0.4, 0.5) is 0 Å². The first-order valence-corrected chi connectivity index (χ1v) is 7.46. The number of carbonyl (C=O) groups is 1. The molecule has 2 N–H and O–H groups in total. The van der Waals surface area contributed by atoms with E-state index in [9.17, 15) is 4.79 Å². The normalized spacial score (nSPS) is 21.7. The van der Waals surface area contributed by atoms with Gasteiger partial charge in [0.05, 0.1) is 6.61 Å². The van der Waals surface area contributed by atoms with Gasteiger partial charge in [-0.05, 0) is 24.1 Å². The van der Waals surface area contributed by atoms with Crippen molar-refractivity contribution in [1.29, 1.82) is 0 Å². The summed E-state index contributed by atoms with van der Waals surface area (Å²) in [7, 11) is 0. The molecule has 1 fully saturated rings. The number of amides is 1. The molecule has 0 bridgehead atoms. The number of carbonyl (C=O) groups excluding carboxylic acids is 1. The van der Waals surface area contributed by atoms with Crippen molar-refractivity contribution in [3.8, 4) is 5.75 Å². The fourth-order valence-electron chi connectivity index (χ4n) is 2.64. The Labute approximate surface area is 121 Å². The van der Waals surface area contributed by atoms with E-state index in [0.29, 0.717) is 12.5 Å². The summed E-state index contributed by atoms with van der Waals surface area (Å²) in [6, 6.07) is 4.60. The van der Waals surface area contributed by atoms with Gasteiger partial charge in [0.25, 0.3) is 0 Å². The highest BCUT2D eigenvalue weighted by atomic mass is 79.9. The SMILES string of the molecule is O=C1CC[C@H](NCc2cc(Br)cc3c2OCC3)CN1. The Morgan fingerprint density at radius 3 is 3.11 bits per heavy atom. The lowest BCUT2D eigenvalue weighted by atomic mass is 10.1. The zero-order valence-corrected chi connectivity index (χ0v) is 12.3. The van der Waals surface area contributed by atoms with Crippen LogP contribution in [0.15, 0.2) is 16.6 Å². The van der Waals surface area contributed by atoms with Crippen LogP contribution in [0.5, 0.6) is 5.75 Å². The molecule has 5 heteroatoms. The van der Waals surface area contributed by atoms with Crippen LogP contribution in [0.1, 0.15) is 24.0 Å². The van der Waals surface area contributed by atoms with Gasteiger partial charge >= 0.3 is 0 Å². The lowest BCUT2D eigenvalue weighted by Gasteiger charge is -2.24. The van der Waals surface area contributed by atoms with E-state index in [4.69, 9.17) is 4.74 Å². The molecule has 2 aliphatic rings. The Kier molecular flexibility index (Phi) is 3.75. The molecule has 3 rings (SSSR count). The first kappa shape index (κ1) is 12.9. The number of benzene rings is 1. The van der Waals surface area contributed by atoms with Gasteiger partial charge in [0, 0.05) is 42.0 Å². The Balaban J connectivity index is 1.65. The van der Waals surface area contributed by atoms with Crippen LogP contribution in [0.25, 0.3) is 0 Å². The zero-order chi connectivity index (χ0) is 13.2. The molecule has 0 saturated carbocycles. The summed E-state index contributed by atoms with van der Waals surface area (Å²) < 4.78 is 6.81. The quantitative estimate of drug-likeness (QED) is 0.890. The molecule has 1 atom stereocenters. The molecule has 1 aromatic rings. The number of fused-ring (bicyclic) bond motifs is 1. The third kappa shape index (κ3) is 2.92. The minimum Gasteiger partial charge on any atom is -0.493 e. The summed E-state index contributed by atoms with van der Waals surface area (Å²) in [6.45, 7) is 2.27. The maximum atomic E-state index is 11.1. The fraction of sp³-hybridized carbons (Fsp3) is 0.500. The minimum absolute atomic E-state index is 0.157. The van der Waals surface area contributed by atoms with E-state index in [1.807, 2.05) is 0 Å². The predicted molar refractivity (Wildman–Crippen MR) is 76.2 cm³/mol. The van der Waals surface area contributed by atoms with E-state index in [2.05, 4.69) is 38.7 Å². The van der Waals surface area contributed by atoms with Gasteiger partial charge in [-0.15, -0.1) is 0 Å². The highest BCUT2D eigenvalue weighted by Crippen LogP contribution is 2.32. The molecule has 2 aliphatic heterocycles. The number of piperidine rings is 1. The first-order chi connectivity index (χ1) is 9.22. The number of hydrogen-bond donors (Lipinski definition) is 2. The molecule has 1 saturated heterocycles. The van der Waals surface area contributed by atoms with Crippen molar-refractivity contribution in [2.24, 2.45) is 0 Å². The third-order valence-corrected chi connectivity index (χ3v) is 4.13. The lowest BCUT2D eigenvalue weighted by molar-refractivity contribution is -0.122. The van der Waals surface area contributed by atoms with Gasteiger partial charge in [0.15, 0.2) is 0 Å². The predicted octanol–water partition coefficient (Wildman–Crippen LogP) is 1.75. The number of ether oxygens (including phenoxy) is 1. The molecule has 0 spiro atoms. The van der Waals surface area contributed by atoms with Crippen molar-refractivity contribution in [3.05, 3.63) is 27.7 Å². The van der Waals surface area contributed by atoms with Crippen LogP contribution < -0.4 is 15.4 Å². The number of nitrogens with one attached hydrogen (secondary N) is 2. The van der Waals surface area contributed by atoms with Crippen LogP contribution in [0.3, 0.4) is 0 Å². The highest BCUT2D eigenvalue weighted by molar-refractivity contribution is 9.10. The average Bonchev–Trinajstić information content (AvgIpc) is 2.85. The molecule has 0 radical (unpaired) electrons. The fourth-order valence-corrected chi connectivity index (χ4v) is 3.19. The first-order valence-electron chi connectivity index (χ1n) is 6.66. The van der Waals surface area contributed by atoms with Crippen molar-refractivity contribution in [2.75, 3.05) is 13.2 Å². The van der Waals surface area contributed by atoms with Crippen LogP contribution in [0, 0.1) is 0 Å². The Morgan fingerprint density at radius 2 is 2.32 bits per heavy atom. The summed E-state index contributed by atoms with van der Waals surface area (Å²) in [6.07, 6.45) is 2.51. The molecule has 1 aromatic carbocycles. The monoisotopic (exact) mass is 324 g/mol. The second-order valence-electron chi connectivity index (χ2n) is 5.07. The van der Waals surface area contributed by atoms with E-state index in [1.54, 1.807) is 0 Å². The summed E-state index contributed by atoms with van der Waals surface area (Å²) in [5.41, 5.74) is 2.47. The van der Waals surface area contributed by atoms with Crippen LogP contribution in [-0.2, 0) is 17.8 Å². The summed E-state index contributed by atoms with van der Waals surface area (Å²) >= 11 is 3.55. The summed E-state index contributed by atoms with van der Waals surface area (Å²) in [4.78, 5) is 11.1. The van der Waals surface area contributed by atoms with E-state index < -0.39 is 0 Å². The molecule has 0 aromatic heterocycles. The molecule has 1 amide bonds. The Bertz CT molecular complexity index is 494. The van der Waals surface area contributed by atoms with Gasteiger partial charge in [-0.2, -0.15) is 0 Å². The van der Waals surface area contributed by atoms with Crippen molar-refractivity contribution in [3.63, 3.8) is 0 Å². The third-order valence-electron chi connectivity index (χ3n) is 3.67. The van der Waals surface area contributed by atoms with Crippen LogP contribution in [-0.4, -0.2) is 25.1 Å². The molecule has 4 nitrogen and oxygen atoms in total. The van der Waals surface area contributed by atoms with Crippen LogP contribution >= 0.6 is 15.9 Å². The van der Waals surface area contributed by atoms with Gasteiger partial charge in [0.1, 0.15) is 5.75 Å². The standard InChI is InChI=1S/C14H17BrN2O2/c15-11-5-9-3-4-19-14(9)10(6-11)7-16-12-1-2-13(18)17-8-12/h5-6,12,16H,1-4,7-8H2,(H,17,18)/t12-/m0/s1. The van der Waals surface area contributed by atoms with Crippen molar-refractivity contribution < 1.29 is 9.53 Å².